The normalized spacial score (nSPS) is 12.2. The number of nitrogens with zero attached hydrogens (tertiary/aromatic N) is 5. The maximum Gasteiger partial charge on any atom is 0.163 e. The minimum atomic E-state index is 0.874. The van der Waals surface area contributed by atoms with Crippen molar-refractivity contribution >= 4 is 71.1 Å². The molecule has 10 rings (SSSR count). The third kappa shape index (κ3) is 3.00. The van der Waals surface area contributed by atoms with Crippen LogP contribution < -0.4 is 0 Å². The molecular formula is C38H23N5. The van der Waals surface area contributed by atoms with Gasteiger partial charge in [0.15, 0.2) is 5.65 Å². The number of hydrogen-bond donors (Lipinski definition) is 0. The van der Waals surface area contributed by atoms with Gasteiger partial charge in [0.25, 0.3) is 0 Å². The van der Waals surface area contributed by atoms with Crippen molar-refractivity contribution < 1.29 is 0 Å². The summed E-state index contributed by atoms with van der Waals surface area (Å²) >= 11 is 0. The molecule has 0 aliphatic heterocycles. The van der Waals surface area contributed by atoms with Gasteiger partial charge in [0.1, 0.15) is 5.52 Å². The molecule has 5 aromatic heterocycles. The second-order valence-electron chi connectivity index (χ2n) is 11.2. The van der Waals surface area contributed by atoms with Crippen molar-refractivity contribution in [3.63, 3.8) is 0 Å². The van der Waals surface area contributed by atoms with Crippen molar-refractivity contribution in [3.8, 4) is 11.4 Å². The zero-order chi connectivity index (χ0) is 28.1. The summed E-state index contributed by atoms with van der Waals surface area (Å²) in [7, 11) is 0. The van der Waals surface area contributed by atoms with Crippen LogP contribution in [0.1, 0.15) is 0 Å². The highest BCUT2D eigenvalue weighted by atomic mass is 15.0. The lowest BCUT2D eigenvalue weighted by Gasteiger charge is -2.11. The predicted octanol–water partition coefficient (Wildman–Crippen LogP) is 9.23. The van der Waals surface area contributed by atoms with E-state index in [0.29, 0.717) is 0 Å². The Morgan fingerprint density at radius 1 is 0.395 bits per heavy atom. The highest BCUT2D eigenvalue weighted by Gasteiger charge is 2.20. The molecule has 0 fully saturated rings. The Bertz CT molecular complexity index is 2710. The van der Waals surface area contributed by atoms with Crippen LogP contribution in [-0.4, -0.2) is 23.5 Å². The van der Waals surface area contributed by atoms with Gasteiger partial charge < -0.3 is 9.13 Å². The fourth-order valence-electron chi connectivity index (χ4n) is 7.11. The van der Waals surface area contributed by atoms with Gasteiger partial charge in [-0.1, -0.05) is 60.7 Å². The second kappa shape index (κ2) is 8.30. The van der Waals surface area contributed by atoms with Crippen molar-refractivity contribution in [3.05, 3.63) is 140 Å². The number of fused-ring (bicyclic) bond motifs is 12. The molecule has 10 aromatic rings. The zero-order valence-corrected chi connectivity index (χ0v) is 23.0. The molecular weight excluding hydrogens is 526 g/mol. The molecule has 5 heteroatoms. The predicted molar refractivity (Wildman–Crippen MR) is 177 cm³/mol. The summed E-state index contributed by atoms with van der Waals surface area (Å²) in [6.45, 7) is 0. The number of pyridine rings is 2. The minimum absolute atomic E-state index is 0.874. The summed E-state index contributed by atoms with van der Waals surface area (Å²) in [4.78, 5) is 9.43. The van der Waals surface area contributed by atoms with Gasteiger partial charge in [-0.3, -0.25) is 9.38 Å². The van der Waals surface area contributed by atoms with Crippen molar-refractivity contribution in [2.45, 2.75) is 0 Å². The van der Waals surface area contributed by atoms with Crippen LogP contribution in [-0.2, 0) is 0 Å². The van der Waals surface area contributed by atoms with Gasteiger partial charge >= 0.3 is 0 Å². The second-order valence-corrected chi connectivity index (χ2v) is 11.2. The topological polar surface area (TPSA) is 40.1 Å². The summed E-state index contributed by atoms with van der Waals surface area (Å²) in [6.07, 6.45) is 5.75. The van der Waals surface area contributed by atoms with Gasteiger partial charge in [-0.2, -0.15) is 0 Å². The Labute approximate surface area is 245 Å². The number of benzene rings is 5. The van der Waals surface area contributed by atoms with E-state index in [0.717, 1.165) is 44.3 Å². The van der Waals surface area contributed by atoms with Crippen molar-refractivity contribution in [2.24, 2.45) is 0 Å². The van der Waals surface area contributed by atoms with E-state index in [1.807, 2.05) is 24.7 Å². The van der Waals surface area contributed by atoms with E-state index >= 15 is 0 Å². The van der Waals surface area contributed by atoms with E-state index in [9.17, 15) is 0 Å². The summed E-state index contributed by atoms with van der Waals surface area (Å²) in [5.41, 5.74) is 9.95. The lowest BCUT2D eigenvalue weighted by atomic mass is 10.0. The summed E-state index contributed by atoms with van der Waals surface area (Å²) in [5.74, 6) is 0. The van der Waals surface area contributed by atoms with Crippen LogP contribution in [0.5, 0.6) is 0 Å². The van der Waals surface area contributed by atoms with E-state index in [2.05, 4.69) is 134 Å². The monoisotopic (exact) mass is 549 g/mol. The maximum absolute atomic E-state index is 4.75. The first-order valence-electron chi connectivity index (χ1n) is 14.5. The molecule has 200 valence electrons. The molecule has 0 saturated carbocycles. The van der Waals surface area contributed by atoms with E-state index < -0.39 is 0 Å². The average Bonchev–Trinajstić information content (AvgIpc) is 3.77. The molecule has 43 heavy (non-hydrogen) atoms. The van der Waals surface area contributed by atoms with Gasteiger partial charge in [-0.15, -0.1) is 0 Å². The quantitative estimate of drug-likeness (QED) is 0.202. The standard InChI is InChI=1S/C38H23N5/c1-3-10-24(11-4-1)42-32-16-8-7-14-26(32)30-21-35-31(22-34(30)42)29-20-28-27-15-9-17-39-37(27)38-40-18-19-41(38)33(28)23-36(29)43(35)25-12-5-2-6-13-25/h1-23H. The smallest absolute Gasteiger partial charge is 0.163 e. The third-order valence-corrected chi connectivity index (χ3v) is 8.91. The van der Waals surface area contributed by atoms with Gasteiger partial charge in [-0.05, 0) is 60.7 Å². The van der Waals surface area contributed by atoms with Crippen LogP contribution in [0.4, 0.5) is 0 Å². The molecule has 0 bridgehead atoms. The van der Waals surface area contributed by atoms with Crippen LogP contribution in [0.25, 0.3) is 82.4 Å². The molecule has 0 unspecified atom stereocenters. The Balaban J connectivity index is 1.45. The number of para-hydroxylation sites is 3. The molecule has 5 nitrogen and oxygen atoms in total. The highest BCUT2D eigenvalue weighted by Crippen LogP contribution is 2.41. The summed E-state index contributed by atoms with van der Waals surface area (Å²) in [5, 5.41) is 7.19. The van der Waals surface area contributed by atoms with E-state index in [-0.39, 0.29) is 0 Å². The molecule has 0 atom stereocenters. The summed E-state index contributed by atoms with van der Waals surface area (Å²) in [6, 6.07) is 43.7. The number of aromatic nitrogens is 5. The largest absolute Gasteiger partial charge is 0.309 e. The third-order valence-electron chi connectivity index (χ3n) is 8.91. The van der Waals surface area contributed by atoms with Crippen LogP contribution in [0.15, 0.2) is 140 Å². The molecule has 5 heterocycles. The van der Waals surface area contributed by atoms with Gasteiger partial charge in [0.05, 0.1) is 27.6 Å². The molecule has 0 saturated heterocycles. The molecule has 0 amide bonds. The summed E-state index contributed by atoms with van der Waals surface area (Å²) < 4.78 is 6.98. The zero-order valence-electron chi connectivity index (χ0n) is 23.0. The molecule has 0 spiro atoms. The minimum Gasteiger partial charge on any atom is -0.309 e. The van der Waals surface area contributed by atoms with Crippen LogP contribution in [0.2, 0.25) is 0 Å². The average molecular weight is 550 g/mol. The molecule has 0 aliphatic rings. The number of hydrogen-bond acceptors (Lipinski definition) is 2. The van der Waals surface area contributed by atoms with Gasteiger partial charge in [-0.25, -0.2) is 4.98 Å². The van der Waals surface area contributed by atoms with Crippen LogP contribution >= 0.6 is 0 Å². The number of imidazole rings is 1. The van der Waals surface area contributed by atoms with Crippen molar-refractivity contribution in [2.75, 3.05) is 0 Å². The SMILES string of the molecule is c1ccc(-n2c3ccccc3c3cc4c(cc32)c2cc3c5cccnc5c5nccn5c3cc2n4-c2ccccc2)cc1. The van der Waals surface area contributed by atoms with Crippen molar-refractivity contribution in [1.82, 2.24) is 23.5 Å². The molecule has 0 aliphatic carbocycles. The first-order chi connectivity index (χ1) is 21.3. The Morgan fingerprint density at radius 3 is 1.74 bits per heavy atom. The highest BCUT2D eigenvalue weighted by molar-refractivity contribution is 6.22. The first-order valence-corrected chi connectivity index (χ1v) is 14.5. The van der Waals surface area contributed by atoms with Crippen molar-refractivity contribution in [1.29, 1.82) is 0 Å². The molecule has 5 aromatic carbocycles. The lowest BCUT2D eigenvalue weighted by Crippen LogP contribution is -1.95. The van der Waals surface area contributed by atoms with Gasteiger partial charge in [0, 0.05) is 62.3 Å². The fraction of sp³-hybridized carbons (Fsp3) is 0. The lowest BCUT2D eigenvalue weighted by molar-refractivity contribution is 1.17. The first kappa shape index (κ1) is 22.7. The maximum atomic E-state index is 4.75. The Morgan fingerprint density at radius 2 is 0.977 bits per heavy atom. The van der Waals surface area contributed by atoms with E-state index in [4.69, 9.17) is 4.98 Å². The van der Waals surface area contributed by atoms with E-state index in [1.165, 1.54) is 38.1 Å². The van der Waals surface area contributed by atoms with Gasteiger partial charge in [0.2, 0.25) is 0 Å². The van der Waals surface area contributed by atoms with E-state index in [1.54, 1.807) is 0 Å². The molecule has 0 radical (unpaired) electrons. The number of rotatable bonds is 2. The Hall–Kier alpha value is -5.94. The van der Waals surface area contributed by atoms with Crippen LogP contribution in [0, 0.1) is 0 Å². The van der Waals surface area contributed by atoms with Crippen LogP contribution in [0.3, 0.4) is 0 Å². The molecule has 0 N–H and O–H groups in total. The fourth-order valence-corrected chi connectivity index (χ4v) is 7.11. The Kier molecular flexibility index (Phi) is 4.39.